The molecule has 2 aliphatic rings. The van der Waals surface area contributed by atoms with Crippen molar-refractivity contribution >= 4 is 22.7 Å². The van der Waals surface area contributed by atoms with Gasteiger partial charge in [0, 0.05) is 43.2 Å². The molecule has 1 aliphatic heterocycles. The number of nitrogens with one attached hydrogen (secondary N) is 1. The van der Waals surface area contributed by atoms with E-state index >= 15 is 0 Å². The molecule has 1 aromatic carbocycles. The van der Waals surface area contributed by atoms with Crippen LogP contribution in [0.2, 0.25) is 0 Å². The lowest BCUT2D eigenvalue weighted by Crippen LogP contribution is -2.51. The molecule has 0 bridgehead atoms. The number of aromatic nitrogens is 1. The van der Waals surface area contributed by atoms with E-state index in [4.69, 9.17) is 0 Å². The largest absolute Gasteiger partial charge is 0.358 e. The number of amides is 2. The molecule has 0 unspecified atom stereocenters. The Kier molecular flexibility index (Phi) is 4.47. The summed E-state index contributed by atoms with van der Waals surface area (Å²) in [4.78, 5) is 32.9. The maximum Gasteiger partial charge on any atom is 0.256 e. The van der Waals surface area contributed by atoms with E-state index < -0.39 is 0 Å². The Morgan fingerprint density at radius 1 is 1.00 bits per heavy atom. The van der Waals surface area contributed by atoms with Gasteiger partial charge in [-0.25, -0.2) is 0 Å². The van der Waals surface area contributed by atoms with E-state index in [1.54, 1.807) is 0 Å². The molecule has 0 atom stereocenters. The Labute approximate surface area is 154 Å². The quantitative estimate of drug-likeness (QED) is 0.901. The molecular formula is C21H27N3O2. The average molecular weight is 353 g/mol. The maximum absolute atomic E-state index is 13.1. The van der Waals surface area contributed by atoms with Crippen LogP contribution >= 0.6 is 0 Å². The molecule has 138 valence electrons. The number of aryl methyl sites for hydroxylation is 2. The fraction of sp³-hybridized carbons (Fsp3) is 0.524. The number of rotatable bonds is 2. The number of nitrogens with zero attached hydrogens (tertiary/aromatic N) is 2. The van der Waals surface area contributed by atoms with Crippen molar-refractivity contribution in [3.05, 3.63) is 35.0 Å². The van der Waals surface area contributed by atoms with Gasteiger partial charge in [0.05, 0.1) is 11.1 Å². The lowest BCUT2D eigenvalue weighted by molar-refractivity contribution is -0.136. The predicted octanol–water partition coefficient (Wildman–Crippen LogP) is 3.26. The minimum Gasteiger partial charge on any atom is -0.358 e. The van der Waals surface area contributed by atoms with Crippen molar-refractivity contribution in [3.8, 4) is 0 Å². The second kappa shape index (κ2) is 6.78. The first-order valence-electron chi connectivity index (χ1n) is 9.72. The number of hydrogen-bond donors (Lipinski definition) is 1. The third kappa shape index (κ3) is 2.89. The van der Waals surface area contributed by atoms with Gasteiger partial charge < -0.3 is 14.8 Å². The van der Waals surface area contributed by atoms with Crippen molar-refractivity contribution in [2.45, 2.75) is 39.5 Å². The Morgan fingerprint density at radius 2 is 1.65 bits per heavy atom. The molecule has 1 saturated carbocycles. The standard InChI is InChI=1S/C21H27N3O2/c1-14-15(2)22-19-17(14)8-5-9-18(19)21(26)24-12-10-23(11-13-24)20(25)16-6-3-4-7-16/h5,8-9,16,22H,3-4,6-7,10-13H2,1-2H3. The lowest BCUT2D eigenvalue weighted by atomic mass is 10.1. The van der Waals surface area contributed by atoms with Gasteiger partial charge >= 0.3 is 0 Å². The predicted molar refractivity (Wildman–Crippen MR) is 102 cm³/mol. The fourth-order valence-electron chi connectivity index (χ4n) is 4.39. The number of H-pyrrole nitrogens is 1. The summed E-state index contributed by atoms with van der Waals surface area (Å²) < 4.78 is 0. The van der Waals surface area contributed by atoms with Gasteiger partial charge in [-0.1, -0.05) is 25.0 Å². The normalized spacial score (nSPS) is 18.7. The second-order valence-corrected chi connectivity index (χ2v) is 7.70. The summed E-state index contributed by atoms with van der Waals surface area (Å²) in [6.45, 7) is 6.66. The van der Waals surface area contributed by atoms with Crippen LogP contribution in [0.4, 0.5) is 0 Å². The number of aromatic amines is 1. The van der Waals surface area contributed by atoms with Gasteiger partial charge in [0.15, 0.2) is 0 Å². The first-order valence-corrected chi connectivity index (χ1v) is 9.72. The van der Waals surface area contributed by atoms with Crippen LogP contribution in [0.3, 0.4) is 0 Å². The number of hydrogen-bond acceptors (Lipinski definition) is 2. The molecule has 2 fully saturated rings. The highest BCUT2D eigenvalue weighted by Crippen LogP contribution is 2.28. The van der Waals surface area contributed by atoms with Gasteiger partial charge in [-0.15, -0.1) is 0 Å². The molecule has 1 saturated heterocycles. The van der Waals surface area contributed by atoms with E-state index in [2.05, 4.69) is 18.0 Å². The van der Waals surface area contributed by atoms with Gasteiger partial charge in [-0.2, -0.15) is 0 Å². The number of fused-ring (bicyclic) bond motifs is 1. The van der Waals surface area contributed by atoms with Crippen molar-refractivity contribution in [2.24, 2.45) is 5.92 Å². The number of para-hydroxylation sites is 1. The SMILES string of the molecule is Cc1[nH]c2c(C(=O)N3CCN(C(=O)C4CCCC4)CC3)cccc2c1C. The fourth-order valence-corrected chi connectivity index (χ4v) is 4.39. The topological polar surface area (TPSA) is 56.4 Å². The van der Waals surface area contributed by atoms with Crippen LogP contribution in [-0.2, 0) is 4.79 Å². The molecule has 2 aromatic rings. The van der Waals surface area contributed by atoms with E-state index in [0.29, 0.717) is 32.1 Å². The molecule has 2 heterocycles. The molecule has 26 heavy (non-hydrogen) atoms. The van der Waals surface area contributed by atoms with Crippen LogP contribution in [-0.4, -0.2) is 52.8 Å². The number of carbonyl (C=O) groups excluding carboxylic acids is 2. The summed E-state index contributed by atoms with van der Waals surface area (Å²) in [5, 5.41) is 1.11. The van der Waals surface area contributed by atoms with Crippen molar-refractivity contribution in [2.75, 3.05) is 26.2 Å². The van der Waals surface area contributed by atoms with Crippen molar-refractivity contribution in [1.82, 2.24) is 14.8 Å². The summed E-state index contributed by atoms with van der Waals surface area (Å²) >= 11 is 0. The molecule has 0 radical (unpaired) electrons. The van der Waals surface area contributed by atoms with Gasteiger partial charge in [0.25, 0.3) is 5.91 Å². The highest BCUT2D eigenvalue weighted by Gasteiger charge is 2.31. The van der Waals surface area contributed by atoms with Crippen molar-refractivity contribution in [3.63, 3.8) is 0 Å². The first-order chi connectivity index (χ1) is 12.6. The summed E-state index contributed by atoms with van der Waals surface area (Å²) in [5.74, 6) is 0.577. The molecule has 0 spiro atoms. The third-order valence-corrected chi connectivity index (χ3v) is 6.16. The van der Waals surface area contributed by atoms with Crippen LogP contribution in [0.15, 0.2) is 18.2 Å². The van der Waals surface area contributed by atoms with E-state index in [0.717, 1.165) is 35.0 Å². The molecule has 1 N–H and O–H groups in total. The summed E-state index contributed by atoms with van der Waals surface area (Å²) in [6, 6.07) is 5.91. The van der Waals surface area contributed by atoms with Gasteiger partial charge in [0.2, 0.25) is 5.91 Å². The first kappa shape index (κ1) is 17.1. The molecule has 1 aromatic heterocycles. The summed E-state index contributed by atoms with van der Waals surface area (Å²) in [6.07, 6.45) is 4.42. The molecule has 5 nitrogen and oxygen atoms in total. The minimum atomic E-state index is 0.0600. The zero-order valence-electron chi connectivity index (χ0n) is 15.7. The van der Waals surface area contributed by atoms with E-state index in [9.17, 15) is 9.59 Å². The van der Waals surface area contributed by atoms with Crippen LogP contribution < -0.4 is 0 Å². The molecular weight excluding hydrogens is 326 g/mol. The smallest absolute Gasteiger partial charge is 0.256 e. The molecule has 4 rings (SSSR count). The minimum absolute atomic E-state index is 0.0600. The third-order valence-electron chi connectivity index (χ3n) is 6.16. The highest BCUT2D eigenvalue weighted by molar-refractivity contribution is 6.06. The monoisotopic (exact) mass is 353 g/mol. The maximum atomic E-state index is 13.1. The zero-order chi connectivity index (χ0) is 18.3. The van der Waals surface area contributed by atoms with E-state index in [1.807, 2.05) is 28.9 Å². The summed E-state index contributed by atoms with van der Waals surface area (Å²) in [7, 11) is 0. The Balaban J connectivity index is 1.47. The second-order valence-electron chi connectivity index (χ2n) is 7.70. The van der Waals surface area contributed by atoms with Crippen molar-refractivity contribution < 1.29 is 9.59 Å². The Bertz CT molecular complexity index is 840. The molecule has 5 heteroatoms. The Morgan fingerprint density at radius 3 is 2.35 bits per heavy atom. The van der Waals surface area contributed by atoms with Gasteiger partial charge in [-0.05, 0) is 38.3 Å². The van der Waals surface area contributed by atoms with E-state index in [1.165, 1.54) is 18.4 Å². The number of carbonyl (C=O) groups is 2. The lowest BCUT2D eigenvalue weighted by Gasteiger charge is -2.36. The Hall–Kier alpha value is -2.30. The van der Waals surface area contributed by atoms with Gasteiger partial charge in [-0.3, -0.25) is 9.59 Å². The molecule has 2 amide bonds. The zero-order valence-corrected chi connectivity index (χ0v) is 15.7. The number of benzene rings is 1. The van der Waals surface area contributed by atoms with Crippen LogP contribution in [0.5, 0.6) is 0 Å². The van der Waals surface area contributed by atoms with Crippen molar-refractivity contribution in [1.29, 1.82) is 0 Å². The van der Waals surface area contributed by atoms with Crippen LogP contribution in [0, 0.1) is 19.8 Å². The highest BCUT2D eigenvalue weighted by atomic mass is 16.2. The average Bonchev–Trinajstić information content (AvgIpc) is 3.30. The van der Waals surface area contributed by atoms with E-state index in [-0.39, 0.29) is 11.8 Å². The summed E-state index contributed by atoms with van der Waals surface area (Å²) in [5.41, 5.74) is 3.96. The number of piperazine rings is 1. The van der Waals surface area contributed by atoms with Crippen LogP contribution in [0.1, 0.15) is 47.3 Å². The van der Waals surface area contributed by atoms with Gasteiger partial charge in [0.1, 0.15) is 0 Å². The molecule has 1 aliphatic carbocycles. The van der Waals surface area contributed by atoms with Crippen LogP contribution in [0.25, 0.3) is 10.9 Å².